The van der Waals surface area contributed by atoms with Crippen LogP contribution in [0, 0.1) is 17.3 Å². The van der Waals surface area contributed by atoms with E-state index < -0.39 is 0 Å². The molecule has 3 aliphatic rings. The first-order valence-electron chi connectivity index (χ1n) is 11.0. The van der Waals surface area contributed by atoms with Gasteiger partial charge < -0.3 is 9.64 Å². The zero-order valence-electron chi connectivity index (χ0n) is 17.1. The second kappa shape index (κ2) is 9.19. The number of rotatable bonds is 5. The molecule has 28 heavy (non-hydrogen) atoms. The van der Waals surface area contributed by atoms with E-state index in [2.05, 4.69) is 39.5 Å². The smallest absolute Gasteiger partial charge is 0.310 e. The highest BCUT2D eigenvalue weighted by molar-refractivity contribution is 7.97. The predicted octanol–water partition coefficient (Wildman–Crippen LogP) is 4.46. The molecule has 1 saturated carbocycles. The fraction of sp³-hybridized carbons (Fsp3) is 0.696. The molecule has 0 amide bonds. The molecule has 4 rings (SSSR count). The molecule has 0 N–H and O–H groups in total. The molecule has 5 heteroatoms. The molecule has 1 spiro atoms. The zero-order valence-corrected chi connectivity index (χ0v) is 18.0. The maximum atomic E-state index is 12.6. The number of nitrogens with zero attached hydrogens (tertiary/aromatic N) is 2. The van der Waals surface area contributed by atoms with Gasteiger partial charge in [-0.15, -0.1) is 0 Å². The second-order valence-electron chi connectivity index (χ2n) is 8.97. The quantitative estimate of drug-likeness (QED) is 0.536. The van der Waals surface area contributed by atoms with Crippen LogP contribution in [0.3, 0.4) is 0 Å². The summed E-state index contributed by atoms with van der Waals surface area (Å²) < 4.78 is 7.62. The summed E-state index contributed by atoms with van der Waals surface area (Å²) in [7, 11) is 1.54. The Bertz CT molecular complexity index is 639. The van der Waals surface area contributed by atoms with Crippen LogP contribution in [0.25, 0.3) is 0 Å². The highest BCUT2D eigenvalue weighted by atomic mass is 32.2. The van der Waals surface area contributed by atoms with Gasteiger partial charge in [-0.2, -0.15) is 0 Å². The van der Waals surface area contributed by atoms with Gasteiger partial charge in [-0.3, -0.25) is 4.79 Å². The summed E-state index contributed by atoms with van der Waals surface area (Å²) in [5.74, 6) is 0.885. The third-order valence-electron chi connectivity index (χ3n) is 7.17. The fourth-order valence-electron chi connectivity index (χ4n) is 5.51. The van der Waals surface area contributed by atoms with Gasteiger partial charge in [0.15, 0.2) is 0 Å². The van der Waals surface area contributed by atoms with Gasteiger partial charge in [-0.25, -0.2) is 4.31 Å². The Kier molecular flexibility index (Phi) is 6.64. The number of hydrogen-bond acceptors (Lipinski definition) is 5. The van der Waals surface area contributed by atoms with Crippen LogP contribution in [-0.2, 0) is 9.53 Å². The lowest BCUT2D eigenvalue weighted by atomic mass is 9.70. The Morgan fingerprint density at radius 2 is 1.86 bits per heavy atom. The van der Waals surface area contributed by atoms with Crippen LogP contribution < -0.4 is 0 Å². The van der Waals surface area contributed by atoms with Crippen molar-refractivity contribution >= 4 is 17.9 Å². The molecule has 154 valence electrons. The monoisotopic (exact) mass is 402 g/mol. The number of ether oxygens (including phenoxy) is 1. The van der Waals surface area contributed by atoms with Crippen molar-refractivity contribution in [2.24, 2.45) is 17.3 Å². The molecular formula is C23H34N2O2S. The standard InChI is InChI=1S/C23H34N2O2S/c1-27-22(26)21-17-25(28-20-10-6-3-7-11-20)18-23(21)12-14-24(15-13-23)16-19-8-4-2-5-9-19/h3,6-7,10-11,19,21H,2,4-5,8-9,12-18H2,1H3. The molecule has 4 nitrogen and oxygen atoms in total. The van der Waals surface area contributed by atoms with Crippen LogP contribution in [0.1, 0.15) is 44.9 Å². The van der Waals surface area contributed by atoms with Gasteiger partial charge in [0, 0.05) is 29.9 Å². The van der Waals surface area contributed by atoms with Crippen molar-refractivity contribution in [1.82, 2.24) is 9.21 Å². The molecule has 0 radical (unpaired) electrons. The SMILES string of the molecule is COC(=O)C1CN(Sc2ccccc2)CC12CCN(CC1CCCCC1)CC2. The molecule has 0 aromatic heterocycles. The Hall–Kier alpha value is -1.04. The number of likely N-dealkylation sites (tertiary alicyclic amines) is 1. The molecular weight excluding hydrogens is 368 g/mol. The number of esters is 1. The van der Waals surface area contributed by atoms with Crippen molar-refractivity contribution in [2.45, 2.75) is 49.8 Å². The minimum Gasteiger partial charge on any atom is -0.469 e. The van der Waals surface area contributed by atoms with Crippen LogP contribution >= 0.6 is 11.9 Å². The van der Waals surface area contributed by atoms with E-state index in [-0.39, 0.29) is 17.3 Å². The van der Waals surface area contributed by atoms with Gasteiger partial charge >= 0.3 is 5.97 Å². The van der Waals surface area contributed by atoms with E-state index in [4.69, 9.17) is 4.74 Å². The molecule has 1 aromatic rings. The van der Waals surface area contributed by atoms with Gasteiger partial charge in [-0.1, -0.05) is 37.5 Å². The average Bonchev–Trinajstić information content (AvgIpc) is 3.08. The van der Waals surface area contributed by atoms with Crippen molar-refractivity contribution in [3.05, 3.63) is 30.3 Å². The van der Waals surface area contributed by atoms with Gasteiger partial charge in [0.05, 0.1) is 13.0 Å². The summed E-state index contributed by atoms with van der Waals surface area (Å²) in [5.41, 5.74) is 0.0813. The van der Waals surface area contributed by atoms with Crippen molar-refractivity contribution in [3.63, 3.8) is 0 Å². The van der Waals surface area contributed by atoms with Crippen LogP contribution in [0.4, 0.5) is 0 Å². The van der Waals surface area contributed by atoms with E-state index in [1.54, 1.807) is 19.1 Å². The Labute approximate surface area is 174 Å². The number of piperidine rings is 1. The highest BCUT2D eigenvalue weighted by Crippen LogP contribution is 2.48. The summed E-state index contributed by atoms with van der Waals surface area (Å²) >= 11 is 1.79. The highest BCUT2D eigenvalue weighted by Gasteiger charge is 2.52. The van der Waals surface area contributed by atoms with Crippen molar-refractivity contribution in [2.75, 3.05) is 39.8 Å². The van der Waals surface area contributed by atoms with Crippen molar-refractivity contribution < 1.29 is 9.53 Å². The minimum atomic E-state index is -0.0168. The zero-order chi connectivity index (χ0) is 19.4. The topological polar surface area (TPSA) is 32.8 Å². The molecule has 2 aliphatic heterocycles. The van der Waals surface area contributed by atoms with Crippen LogP contribution in [0.15, 0.2) is 35.2 Å². The van der Waals surface area contributed by atoms with Gasteiger partial charge in [-0.05, 0) is 68.8 Å². The Balaban J connectivity index is 1.39. The maximum Gasteiger partial charge on any atom is 0.310 e. The molecule has 1 unspecified atom stereocenters. The molecule has 1 aromatic carbocycles. The Morgan fingerprint density at radius 3 is 2.54 bits per heavy atom. The van der Waals surface area contributed by atoms with Crippen LogP contribution in [-0.4, -0.2) is 55.0 Å². The number of carbonyl (C=O) groups excluding carboxylic acids is 1. The summed E-state index contributed by atoms with van der Waals surface area (Å²) in [6, 6.07) is 10.5. The first kappa shape index (κ1) is 20.2. The molecule has 2 saturated heterocycles. The number of carbonyl (C=O) groups is 1. The number of methoxy groups -OCH3 is 1. The summed E-state index contributed by atoms with van der Waals surface area (Å²) in [6.45, 7) is 5.32. The maximum absolute atomic E-state index is 12.6. The van der Waals surface area contributed by atoms with E-state index in [1.807, 2.05) is 0 Å². The summed E-state index contributed by atoms with van der Waals surface area (Å²) in [5, 5.41) is 0. The minimum absolute atomic E-state index is 0.00513. The average molecular weight is 403 g/mol. The van der Waals surface area contributed by atoms with Gasteiger partial charge in [0.25, 0.3) is 0 Å². The van der Waals surface area contributed by atoms with Gasteiger partial charge in [0.2, 0.25) is 0 Å². The summed E-state index contributed by atoms with van der Waals surface area (Å²) in [6.07, 6.45) is 9.31. The van der Waals surface area contributed by atoms with E-state index in [9.17, 15) is 4.79 Å². The van der Waals surface area contributed by atoms with Crippen LogP contribution in [0.5, 0.6) is 0 Å². The Morgan fingerprint density at radius 1 is 1.14 bits per heavy atom. The van der Waals surface area contributed by atoms with Crippen molar-refractivity contribution in [1.29, 1.82) is 0 Å². The first-order valence-corrected chi connectivity index (χ1v) is 11.7. The van der Waals surface area contributed by atoms with E-state index in [0.717, 1.165) is 44.9 Å². The normalized spacial score (nSPS) is 26.5. The lowest BCUT2D eigenvalue weighted by Crippen LogP contribution is -2.47. The number of benzene rings is 1. The van der Waals surface area contributed by atoms with Crippen molar-refractivity contribution in [3.8, 4) is 0 Å². The van der Waals surface area contributed by atoms with Crippen LogP contribution in [0.2, 0.25) is 0 Å². The predicted molar refractivity (Wildman–Crippen MR) is 114 cm³/mol. The largest absolute Gasteiger partial charge is 0.469 e. The first-order chi connectivity index (χ1) is 13.7. The third kappa shape index (κ3) is 4.58. The summed E-state index contributed by atoms with van der Waals surface area (Å²) in [4.78, 5) is 16.5. The molecule has 0 bridgehead atoms. The second-order valence-corrected chi connectivity index (χ2v) is 10.1. The molecule has 1 atom stereocenters. The van der Waals surface area contributed by atoms with E-state index in [1.165, 1.54) is 43.5 Å². The molecule has 3 fully saturated rings. The van der Waals surface area contributed by atoms with E-state index in [0.29, 0.717) is 0 Å². The fourth-order valence-corrected chi connectivity index (χ4v) is 6.63. The van der Waals surface area contributed by atoms with Gasteiger partial charge in [0.1, 0.15) is 0 Å². The lowest BCUT2D eigenvalue weighted by molar-refractivity contribution is -0.149. The number of hydrogen-bond donors (Lipinski definition) is 0. The lowest BCUT2D eigenvalue weighted by Gasteiger charge is -2.43. The molecule has 2 heterocycles. The molecule has 1 aliphatic carbocycles. The third-order valence-corrected chi connectivity index (χ3v) is 8.19. The van der Waals surface area contributed by atoms with E-state index >= 15 is 0 Å².